The second-order valence-corrected chi connectivity index (χ2v) is 5.89. The minimum atomic E-state index is -4.94. The third kappa shape index (κ3) is 5.34. The van der Waals surface area contributed by atoms with Crippen LogP contribution in [0.15, 0.2) is 69.6 Å². The van der Waals surface area contributed by atoms with E-state index in [0.717, 1.165) is 26.8 Å². The van der Waals surface area contributed by atoms with Crippen molar-refractivity contribution in [2.75, 3.05) is 0 Å². The number of hydrogen-bond acceptors (Lipinski definition) is 4. The third-order valence-electron chi connectivity index (χ3n) is 2.68. The lowest BCUT2D eigenvalue weighted by molar-refractivity contribution is -2.00. The summed E-state index contributed by atoms with van der Waals surface area (Å²) in [6.07, 6.45) is 0. The Bertz CT molecular complexity index is 750. The summed E-state index contributed by atoms with van der Waals surface area (Å²) in [6.45, 7) is 0. The minimum Gasteiger partial charge on any atom is -0.222 e. The maximum Gasteiger partial charge on any atom is 0.360 e. The summed E-state index contributed by atoms with van der Waals surface area (Å²) >= 11 is 3.43. The van der Waals surface area contributed by atoms with Crippen LogP contribution in [0.1, 0.15) is 0 Å². The molecule has 0 saturated heterocycles. The summed E-state index contributed by atoms with van der Waals surface area (Å²) in [5.74, 6) is 0.885. The van der Waals surface area contributed by atoms with E-state index in [1.165, 1.54) is 0 Å². The van der Waals surface area contributed by atoms with Gasteiger partial charge in [0.05, 0.1) is 10.9 Å². The molecule has 0 aliphatic carbocycles. The highest BCUT2D eigenvalue weighted by molar-refractivity contribution is 9.10. The second kappa shape index (κ2) is 7.15. The highest BCUT2D eigenvalue weighted by atomic mass is 79.9. The summed E-state index contributed by atoms with van der Waals surface area (Å²) < 4.78 is 40.9. The van der Waals surface area contributed by atoms with Gasteiger partial charge in [-0.05, 0) is 36.4 Å². The zero-order valence-corrected chi connectivity index (χ0v) is 13.4. The Morgan fingerprint density at radius 2 is 1.36 bits per heavy atom. The number of benzene rings is 2. The molecule has 0 aliphatic rings. The minimum absolute atomic E-state index is 0.885. The van der Waals surface area contributed by atoms with E-state index in [0.29, 0.717) is 0 Å². The molecule has 0 amide bonds. The lowest BCUT2D eigenvalue weighted by Crippen LogP contribution is -2.68. The average Bonchev–Trinajstić information content (AvgIpc) is 2.46. The van der Waals surface area contributed by atoms with Gasteiger partial charge in [0.25, 0.3) is 0 Å². The Morgan fingerprint density at radius 3 is 2.00 bits per heavy atom. The highest BCUT2D eigenvalue weighted by Gasteiger charge is 2.13. The van der Waals surface area contributed by atoms with Gasteiger partial charge in [0, 0.05) is 16.6 Å². The normalized spacial score (nSPS) is 11.0. The molecule has 0 bridgehead atoms. The van der Waals surface area contributed by atoms with Gasteiger partial charge in [-0.1, -0.05) is 28.1 Å². The van der Waals surface area contributed by atoms with Crippen LogP contribution in [-0.2, 0) is 0 Å². The summed E-state index contributed by atoms with van der Waals surface area (Å²) in [5, 5.41) is 1.12. The van der Waals surface area contributed by atoms with Gasteiger partial charge in [0.15, 0.2) is 0 Å². The largest absolute Gasteiger partial charge is 0.360 e. The van der Waals surface area contributed by atoms with Gasteiger partial charge in [0.1, 0.15) is 0 Å². The van der Waals surface area contributed by atoms with Gasteiger partial charge in [-0.15, -0.1) is 10.2 Å². The molecule has 0 radical (unpaired) electrons. The fraction of sp³-hybridized carbons (Fsp3) is 0. The van der Waals surface area contributed by atoms with Crippen LogP contribution < -0.4 is 18.6 Å². The van der Waals surface area contributed by atoms with Crippen molar-refractivity contribution in [2.24, 2.45) is 0 Å². The third-order valence-corrected chi connectivity index (χ3v) is 3.21. The van der Waals surface area contributed by atoms with Crippen LogP contribution in [0.3, 0.4) is 0 Å². The van der Waals surface area contributed by atoms with E-state index in [9.17, 15) is 0 Å². The van der Waals surface area contributed by atoms with E-state index in [1.807, 2.05) is 54.6 Å². The molecule has 0 spiro atoms. The molecule has 1 heterocycles. The molecule has 3 rings (SSSR count). The van der Waals surface area contributed by atoms with Gasteiger partial charge in [-0.3, -0.25) is 0 Å². The van der Waals surface area contributed by atoms with Crippen molar-refractivity contribution >= 4 is 26.9 Å². The van der Waals surface area contributed by atoms with Gasteiger partial charge >= 0.3 is 11.3 Å². The Hall–Kier alpha value is -1.54. The highest BCUT2D eigenvalue weighted by Crippen LogP contribution is 2.25. The molecule has 114 valence electrons. The van der Waals surface area contributed by atoms with Crippen molar-refractivity contribution in [3.63, 3.8) is 0 Å². The smallest absolute Gasteiger partial charge is 0.222 e. The monoisotopic (exact) mass is 384 g/mol. The maximum absolute atomic E-state index is 8.49. The van der Waals surface area contributed by atoms with Crippen LogP contribution >= 0.6 is 15.9 Å². The first-order chi connectivity index (χ1) is 10.3. The van der Waals surface area contributed by atoms with Crippen molar-refractivity contribution < 1.29 is 33.3 Å². The molecule has 7 heteroatoms. The molecular formula is C15H10BrClO5. The number of halogens is 2. The number of fused-ring (bicyclic) bond motifs is 1. The molecule has 1 aromatic heterocycles. The maximum atomic E-state index is 8.49. The van der Waals surface area contributed by atoms with E-state index in [2.05, 4.69) is 22.0 Å². The predicted molar refractivity (Wildman–Crippen MR) is 73.8 cm³/mol. The molecule has 2 aromatic carbocycles. The molecule has 0 saturated carbocycles. The topological polar surface area (TPSA) is 104 Å². The van der Waals surface area contributed by atoms with Crippen molar-refractivity contribution in [1.82, 2.24) is 0 Å². The molecule has 5 nitrogen and oxygen atoms in total. The first-order valence-corrected chi connectivity index (χ1v) is 8.05. The summed E-state index contributed by atoms with van der Waals surface area (Å²) in [7, 11) is -4.94. The van der Waals surface area contributed by atoms with Gasteiger partial charge in [-0.25, -0.2) is 23.1 Å². The molecule has 3 aromatic rings. The van der Waals surface area contributed by atoms with E-state index < -0.39 is 10.2 Å². The fourth-order valence-electron chi connectivity index (χ4n) is 1.80. The van der Waals surface area contributed by atoms with E-state index in [-0.39, 0.29) is 0 Å². The molecule has 0 N–H and O–H groups in total. The van der Waals surface area contributed by atoms with Crippen molar-refractivity contribution in [3.8, 4) is 11.3 Å². The summed E-state index contributed by atoms with van der Waals surface area (Å²) in [4.78, 5) is 0. The molecular weight excluding hydrogens is 376 g/mol. The number of hydrogen-bond donors (Lipinski definition) is 0. The van der Waals surface area contributed by atoms with Gasteiger partial charge in [0.2, 0.25) is 0 Å². The van der Waals surface area contributed by atoms with Crippen LogP contribution in [0.4, 0.5) is 0 Å². The number of para-hydroxylation sites is 1. The van der Waals surface area contributed by atoms with Crippen LogP contribution in [0.2, 0.25) is 0 Å². The van der Waals surface area contributed by atoms with E-state index in [4.69, 9.17) is 23.1 Å². The van der Waals surface area contributed by atoms with E-state index >= 15 is 0 Å². The molecule has 0 unspecified atom stereocenters. The average molecular weight is 386 g/mol. The lowest BCUT2D eigenvalue weighted by Gasteiger charge is -2.17. The Labute approximate surface area is 136 Å². The summed E-state index contributed by atoms with van der Waals surface area (Å²) in [5.41, 5.74) is 1.99. The molecule has 0 atom stereocenters. The predicted octanol–water partition coefficient (Wildman–Crippen LogP) is 0.387. The zero-order chi connectivity index (χ0) is 16.2. The first-order valence-electron chi connectivity index (χ1n) is 6.02. The van der Waals surface area contributed by atoms with Crippen molar-refractivity contribution in [3.05, 3.63) is 65.1 Å². The van der Waals surface area contributed by atoms with Gasteiger partial charge in [-0.2, -0.15) is 0 Å². The quantitative estimate of drug-likeness (QED) is 0.564. The van der Waals surface area contributed by atoms with Crippen LogP contribution in [-0.4, -0.2) is 0 Å². The summed E-state index contributed by atoms with van der Waals surface area (Å²) in [6, 6.07) is 20.2. The standard InChI is InChI=1S/C15H10BrO.ClHO4/c16-13-8-5-12(6-9-13)15-10-7-11-3-1-2-4-14(11)17-15;2-1(3,4)5/h1-10H;(H,2,3,4,5)/q+1;/p-1. The number of rotatable bonds is 1. The van der Waals surface area contributed by atoms with Crippen molar-refractivity contribution in [1.29, 1.82) is 0 Å². The Balaban J connectivity index is 0.000000309. The van der Waals surface area contributed by atoms with Crippen LogP contribution in [0, 0.1) is 10.2 Å². The van der Waals surface area contributed by atoms with Crippen LogP contribution in [0.25, 0.3) is 22.3 Å². The second-order valence-electron chi connectivity index (χ2n) is 4.22. The van der Waals surface area contributed by atoms with Crippen LogP contribution in [0.5, 0.6) is 0 Å². The lowest BCUT2D eigenvalue weighted by atomic mass is 10.1. The zero-order valence-electron chi connectivity index (χ0n) is 11.1. The van der Waals surface area contributed by atoms with Gasteiger partial charge < -0.3 is 0 Å². The first kappa shape index (κ1) is 16.8. The Morgan fingerprint density at radius 1 is 0.773 bits per heavy atom. The SMILES string of the molecule is Brc1ccc(-c2ccc3ccccc3[o+]2)cc1.[O-][Cl+3]([O-])([O-])[O-]. The van der Waals surface area contributed by atoms with Crippen molar-refractivity contribution in [2.45, 2.75) is 0 Å². The molecule has 0 aliphatic heterocycles. The fourth-order valence-corrected chi connectivity index (χ4v) is 2.06. The van der Waals surface area contributed by atoms with E-state index in [1.54, 1.807) is 0 Å². The molecule has 22 heavy (non-hydrogen) atoms. The Kier molecular flexibility index (Phi) is 5.47. The molecule has 0 fully saturated rings.